The third kappa shape index (κ3) is 6.50. The van der Waals surface area contributed by atoms with E-state index in [1.807, 2.05) is 0 Å². The van der Waals surface area contributed by atoms with Crippen LogP contribution in [-0.4, -0.2) is 29.9 Å². The Balaban J connectivity index is 2.60. The van der Waals surface area contributed by atoms with Gasteiger partial charge in [0.25, 0.3) is 0 Å². The summed E-state index contributed by atoms with van der Waals surface area (Å²) in [6.45, 7) is 9.14. The van der Waals surface area contributed by atoms with Gasteiger partial charge in [-0.2, -0.15) is 0 Å². The van der Waals surface area contributed by atoms with Crippen molar-refractivity contribution in [1.82, 2.24) is 4.98 Å². The Bertz CT molecular complexity index is 510. The summed E-state index contributed by atoms with van der Waals surface area (Å²) in [7, 11) is -2.67. The Morgan fingerprint density at radius 1 is 1.50 bits per heavy atom. The maximum absolute atomic E-state index is 12.0. The van der Waals surface area contributed by atoms with E-state index < -0.39 is 19.1 Å². The Morgan fingerprint density at radius 2 is 2.15 bits per heavy atom. The molecule has 1 aromatic rings. The van der Waals surface area contributed by atoms with Gasteiger partial charge >= 0.3 is 6.09 Å². The minimum Gasteiger partial charge on any atom is -0.444 e. The summed E-state index contributed by atoms with van der Waals surface area (Å²) in [4.78, 5) is 15.8. The van der Waals surface area contributed by atoms with Crippen molar-refractivity contribution in [1.29, 1.82) is 0 Å². The van der Waals surface area contributed by atoms with Crippen LogP contribution in [0.25, 0.3) is 0 Å². The monoisotopic (exact) mass is 320 g/mol. The molecular formula is C12H21N2O4PS. The SMILES string of the molecule is CCOP(C)(=O)Cc1csc(NC(=O)OC(C)(C)C)n1. The second-order valence-corrected chi connectivity index (χ2v) is 8.82. The third-order valence-corrected chi connectivity index (χ3v) is 4.52. The highest BCUT2D eigenvalue weighted by atomic mass is 32.1. The maximum Gasteiger partial charge on any atom is 0.413 e. The highest BCUT2D eigenvalue weighted by Crippen LogP contribution is 2.46. The van der Waals surface area contributed by atoms with E-state index in [0.29, 0.717) is 17.4 Å². The van der Waals surface area contributed by atoms with Crippen LogP contribution in [0.4, 0.5) is 9.93 Å². The van der Waals surface area contributed by atoms with Crippen molar-refractivity contribution in [2.45, 2.75) is 39.5 Å². The van der Waals surface area contributed by atoms with Gasteiger partial charge in [0.05, 0.1) is 18.5 Å². The molecule has 0 saturated heterocycles. The fraction of sp³-hybridized carbons (Fsp3) is 0.667. The zero-order valence-electron chi connectivity index (χ0n) is 12.4. The largest absolute Gasteiger partial charge is 0.444 e. The van der Waals surface area contributed by atoms with Gasteiger partial charge in [0, 0.05) is 12.0 Å². The molecule has 1 unspecified atom stereocenters. The number of nitrogens with zero attached hydrogens (tertiary/aromatic N) is 1. The number of carbonyl (C=O) groups is 1. The molecule has 1 N–H and O–H groups in total. The summed E-state index contributed by atoms with van der Waals surface area (Å²) in [6, 6.07) is 0. The number of thiazole rings is 1. The molecule has 1 amide bonds. The van der Waals surface area contributed by atoms with Gasteiger partial charge in [-0.3, -0.25) is 9.88 Å². The molecule has 0 aliphatic rings. The van der Waals surface area contributed by atoms with Gasteiger partial charge < -0.3 is 9.26 Å². The van der Waals surface area contributed by atoms with Crippen LogP contribution < -0.4 is 5.32 Å². The van der Waals surface area contributed by atoms with E-state index in [-0.39, 0.29) is 6.16 Å². The summed E-state index contributed by atoms with van der Waals surface area (Å²) in [6.07, 6.45) is -0.296. The molecule has 0 fully saturated rings. The van der Waals surface area contributed by atoms with Crippen molar-refractivity contribution in [3.8, 4) is 0 Å². The molecule has 20 heavy (non-hydrogen) atoms. The number of hydrogen-bond donors (Lipinski definition) is 1. The molecule has 0 aromatic carbocycles. The van der Waals surface area contributed by atoms with E-state index >= 15 is 0 Å². The number of amides is 1. The number of aromatic nitrogens is 1. The smallest absolute Gasteiger partial charge is 0.413 e. The van der Waals surface area contributed by atoms with Crippen LogP contribution in [0, 0.1) is 0 Å². The second-order valence-electron chi connectivity index (χ2n) is 5.36. The topological polar surface area (TPSA) is 77.5 Å². The Kier molecular flexibility index (Phi) is 5.74. The molecular weight excluding hydrogens is 299 g/mol. The second kappa shape index (κ2) is 6.70. The summed E-state index contributed by atoms with van der Waals surface area (Å²) in [5.74, 6) is 0. The van der Waals surface area contributed by atoms with Crippen LogP contribution >= 0.6 is 18.7 Å². The van der Waals surface area contributed by atoms with Crippen LogP contribution in [0.1, 0.15) is 33.4 Å². The molecule has 1 aromatic heterocycles. The number of carbonyl (C=O) groups excluding carboxylic acids is 1. The highest BCUT2D eigenvalue weighted by Gasteiger charge is 2.20. The van der Waals surface area contributed by atoms with Crippen LogP contribution in [0.2, 0.25) is 0 Å². The first kappa shape index (κ1) is 17.1. The lowest BCUT2D eigenvalue weighted by atomic mass is 10.2. The van der Waals surface area contributed by atoms with Crippen LogP contribution in [0.3, 0.4) is 0 Å². The quantitative estimate of drug-likeness (QED) is 0.832. The van der Waals surface area contributed by atoms with Crippen molar-refractivity contribution in [2.24, 2.45) is 0 Å². The van der Waals surface area contributed by atoms with E-state index in [9.17, 15) is 9.36 Å². The van der Waals surface area contributed by atoms with Gasteiger partial charge in [0.2, 0.25) is 7.37 Å². The molecule has 0 bridgehead atoms. The summed E-state index contributed by atoms with van der Waals surface area (Å²) >= 11 is 1.26. The molecule has 6 nitrogen and oxygen atoms in total. The Morgan fingerprint density at radius 3 is 2.70 bits per heavy atom. The first-order valence-electron chi connectivity index (χ1n) is 6.27. The average Bonchev–Trinajstić information content (AvgIpc) is 2.60. The highest BCUT2D eigenvalue weighted by molar-refractivity contribution is 7.57. The molecule has 1 rings (SSSR count). The predicted molar refractivity (Wildman–Crippen MR) is 80.8 cm³/mol. The lowest BCUT2D eigenvalue weighted by molar-refractivity contribution is 0.0636. The van der Waals surface area contributed by atoms with Crippen molar-refractivity contribution < 1.29 is 18.6 Å². The first-order valence-corrected chi connectivity index (χ1v) is 9.40. The predicted octanol–water partition coefficient (Wildman–Crippen LogP) is 3.93. The molecule has 0 radical (unpaired) electrons. The molecule has 114 valence electrons. The molecule has 8 heteroatoms. The van der Waals surface area contributed by atoms with Crippen LogP contribution in [0.15, 0.2) is 5.38 Å². The lowest BCUT2D eigenvalue weighted by Crippen LogP contribution is -2.27. The van der Waals surface area contributed by atoms with Crippen molar-refractivity contribution >= 4 is 29.9 Å². The van der Waals surface area contributed by atoms with Gasteiger partial charge in [-0.25, -0.2) is 9.78 Å². The average molecular weight is 320 g/mol. The summed E-state index contributed by atoms with van der Waals surface area (Å²) in [5.41, 5.74) is 0.0819. The van der Waals surface area contributed by atoms with E-state index in [1.54, 1.807) is 39.7 Å². The summed E-state index contributed by atoms with van der Waals surface area (Å²) in [5, 5.41) is 4.73. The normalized spacial score (nSPS) is 14.7. The van der Waals surface area contributed by atoms with Gasteiger partial charge in [-0.1, -0.05) is 0 Å². The molecule has 1 atom stereocenters. The van der Waals surface area contributed by atoms with Crippen molar-refractivity contribution in [2.75, 3.05) is 18.6 Å². The van der Waals surface area contributed by atoms with E-state index in [0.717, 1.165) is 0 Å². The molecule has 0 saturated carbocycles. The number of nitrogens with one attached hydrogen (secondary N) is 1. The lowest BCUT2D eigenvalue weighted by Gasteiger charge is -2.18. The molecule has 1 heterocycles. The summed E-state index contributed by atoms with van der Waals surface area (Å²) < 4.78 is 22.4. The fourth-order valence-electron chi connectivity index (χ4n) is 1.44. The number of ether oxygens (including phenoxy) is 1. The van der Waals surface area contributed by atoms with Crippen molar-refractivity contribution in [3.63, 3.8) is 0 Å². The van der Waals surface area contributed by atoms with E-state index in [4.69, 9.17) is 9.26 Å². The first-order chi connectivity index (χ1) is 9.11. The zero-order valence-corrected chi connectivity index (χ0v) is 14.1. The van der Waals surface area contributed by atoms with E-state index in [1.165, 1.54) is 11.3 Å². The van der Waals surface area contributed by atoms with Crippen LogP contribution in [0.5, 0.6) is 0 Å². The third-order valence-electron chi connectivity index (χ3n) is 2.01. The molecule has 0 aliphatic carbocycles. The molecule has 0 spiro atoms. The van der Waals surface area contributed by atoms with Gasteiger partial charge in [0.15, 0.2) is 5.13 Å². The molecule has 0 aliphatic heterocycles. The standard InChI is InChI=1S/C12H21N2O4PS/c1-6-17-19(5,16)7-9-8-20-10(13-9)14-11(15)18-12(2,3)4/h8H,6-7H2,1-5H3,(H,13,14,15). The van der Waals surface area contributed by atoms with Gasteiger partial charge in [-0.05, 0) is 27.7 Å². The van der Waals surface area contributed by atoms with E-state index in [2.05, 4.69) is 10.3 Å². The van der Waals surface area contributed by atoms with Gasteiger partial charge in [-0.15, -0.1) is 11.3 Å². The Hall–Kier alpha value is -0.910. The van der Waals surface area contributed by atoms with Gasteiger partial charge in [0.1, 0.15) is 5.60 Å². The van der Waals surface area contributed by atoms with Crippen LogP contribution in [-0.2, 0) is 20.0 Å². The number of hydrogen-bond acceptors (Lipinski definition) is 6. The zero-order chi connectivity index (χ0) is 15.4. The maximum atomic E-state index is 12.0. The minimum absolute atomic E-state index is 0.257. The fourth-order valence-corrected chi connectivity index (χ4v) is 3.65. The number of anilines is 1. The van der Waals surface area contributed by atoms with Crippen molar-refractivity contribution in [3.05, 3.63) is 11.1 Å². The Labute approximate surface area is 123 Å². The number of rotatable bonds is 5. The minimum atomic E-state index is -2.67.